The van der Waals surface area contributed by atoms with E-state index in [1.807, 2.05) is 44.2 Å². The molecule has 2 aromatic carbocycles. The van der Waals surface area contributed by atoms with Gasteiger partial charge in [-0.25, -0.2) is 0 Å². The van der Waals surface area contributed by atoms with Crippen molar-refractivity contribution in [2.45, 2.75) is 33.1 Å². The molecule has 0 aliphatic rings. The van der Waals surface area contributed by atoms with Gasteiger partial charge in [0.25, 0.3) is 5.69 Å². The molecule has 5 heteroatoms. The quantitative estimate of drug-likeness (QED) is 0.629. The van der Waals surface area contributed by atoms with E-state index < -0.39 is 10.3 Å². The molecule has 0 aliphatic carbocycles. The van der Waals surface area contributed by atoms with E-state index in [9.17, 15) is 14.9 Å². The number of carbonyl (C=O) groups is 1. The first kappa shape index (κ1) is 18.6. The minimum atomic E-state index is -0.643. The molecule has 2 rings (SSSR count). The van der Waals surface area contributed by atoms with Gasteiger partial charge < -0.3 is 5.32 Å². The zero-order chi connectivity index (χ0) is 18.6. The van der Waals surface area contributed by atoms with Crippen LogP contribution >= 0.6 is 0 Å². The molecule has 0 radical (unpaired) electrons. The smallest absolute Gasteiger partial charge is 0.270 e. The molecule has 0 aromatic heterocycles. The summed E-state index contributed by atoms with van der Waals surface area (Å²) >= 11 is 0. The fourth-order valence-electron chi connectivity index (χ4n) is 2.53. The van der Waals surface area contributed by atoms with Gasteiger partial charge in [0.1, 0.15) is 0 Å². The average molecular weight is 340 g/mol. The van der Waals surface area contributed by atoms with Gasteiger partial charge in [-0.2, -0.15) is 0 Å². The summed E-state index contributed by atoms with van der Waals surface area (Å²) < 4.78 is 0. The highest BCUT2D eigenvalue weighted by Crippen LogP contribution is 2.28. The van der Waals surface area contributed by atoms with Gasteiger partial charge in [-0.3, -0.25) is 14.9 Å². The van der Waals surface area contributed by atoms with Crippen LogP contribution in [0.15, 0.2) is 48.5 Å². The molecule has 0 saturated heterocycles. The molecule has 0 fully saturated rings. The largest absolute Gasteiger partial charge is 0.355 e. The summed E-state index contributed by atoms with van der Waals surface area (Å²) in [6.45, 7) is 8.55. The number of non-ortho nitro benzene ring substituents is 1. The maximum atomic E-state index is 12.5. The highest BCUT2D eigenvalue weighted by molar-refractivity contribution is 5.87. The monoisotopic (exact) mass is 340 g/mol. The third-order valence-electron chi connectivity index (χ3n) is 4.24. The zero-order valence-corrected chi connectivity index (χ0v) is 15.1. The topological polar surface area (TPSA) is 72.2 Å². The van der Waals surface area contributed by atoms with Crippen molar-refractivity contribution in [3.63, 3.8) is 0 Å². The van der Waals surface area contributed by atoms with E-state index in [1.54, 1.807) is 12.1 Å². The third kappa shape index (κ3) is 4.44. The fourth-order valence-corrected chi connectivity index (χ4v) is 2.53. The second kappa shape index (κ2) is 7.47. The van der Waals surface area contributed by atoms with Crippen molar-refractivity contribution in [2.75, 3.05) is 6.54 Å². The lowest BCUT2D eigenvalue weighted by Crippen LogP contribution is -2.41. The molecule has 0 bridgehead atoms. The number of amides is 1. The first-order chi connectivity index (χ1) is 11.7. The van der Waals surface area contributed by atoms with Crippen molar-refractivity contribution < 1.29 is 9.72 Å². The number of carbonyl (C=O) groups excluding carboxylic acids is 1. The average Bonchev–Trinajstić information content (AvgIpc) is 2.59. The summed E-state index contributed by atoms with van der Waals surface area (Å²) in [4.78, 5) is 23.0. The Morgan fingerprint density at radius 3 is 2.32 bits per heavy atom. The molecular formula is C20H24N2O3. The highest BCUT2D eigenvalue weighted by atomic mass is 16.6. The van der Waals surface area contributed by atoms with E-state index in [2.05, 4.69) is 19.2 Å². The Bertz CT molecular complexity index is 765. The Balaban J connectivity index is 2.23. The van der Waals surface area contributed by atoms with Crippen molar-refractivity contribution in [3.05, 3.63) is 64.2 Å². The van der Waals surface area contributed by atoms with E-state index >= 15 is 0 Å². The van der Waals surface area contributed by atoms with Crippen LogP contribution in [0.5, 0.6) is 0 Å². The lowest BCUT2D eigenvalue weighted by molar-refractivity contribution is -0.384. The molecule has 0 aliphatic heterocycles. The summed E-state index contributed by atoms with van der Waals surface area (Å²) in [6, 6.07) is 14.1. The Kier molecular flexibility index (Phi) is 5.57. The predicted molar refractivity (Wildman–Crippen MR) is 99.4 cm³/mol. The summed E-state index contributed by atoms with van der Waals surface area (Å²) in [5.74, 6) is 0.389. The van der Waals surface area contributed by atoms with Gasteiger partial charge in [-0.15, -0.1) is 0 Å². The van der Waals surface area contributed by atoms with Gasteiger partial charge in [0.2, 0.25) is 5.91 Å². The van der Waals surface area contributed by atoms with Gasteiger partial charge in [0, 0.05) is 18.7 Å². The zero-order valence-electron chi connectivity index (χ0n) is 15.1. The Labute approximate surface area is 148 Å². The number of nitro benzene ring substituents is 1. The molecular weight excluding hydrogens is 316 g/mol. The van der Waals surface area contributed by atoms with Crippen LogP contribution in [0.25, 0.3) is 11.1 Å². The second-order valence-electron chi connectivity index (χ2n) is 7.11. The number of benzene rings is 2. The van der Waals surface area contributed by atoms with Crippen molar-refractivity contribution in [3.8, 4) is 11.1 Å². The van der Waals surface area contributed by atoms with E-state index in [0.717, 1.165) is 16.7 Å². The number of nitrogens with zero attached hydrogens (tertiary/aromatic N) is 1. The normalized spacial score (nSPS) is 11.4. The van der Waals surface area contributed by atoms with Crippen molar-refractivity contribution >= 4 is 11.6 Å². The molecule has 0 heterocycles. The lowest BCUT2D eigenvalue weighted by atomic mass is 9.83. The summed E-state index contributed by atoms with van der Waals surface area (Å²) in [5, 5.41) is 13.9. The Morgan fingerprint density at radius 1 is 1.12 bits per heavy atom. The maximum absolute atomic E-state index is 12.5. The highest BCUT2D eigenvalue weighted by Gasteiger charge is 2.29. The van der Waals surface area contributed by atoms with Crippen molar-refractivity contribution in [1.82, 2.24) is 5.32 Å². The first-order valence-electron chi connectivity index (χ1n) is 8.35. The van der Waals surface area contributed by atoms with Gasteiger partial charge in [-0.1, -0.05) is 50.2 Å². The molecule has 5 nitrogen and oxygen atoms in total. The first-order valence-corrected chi connectivity index (χ1v) is 8.35. The molecule has 0 saturated carbocycles. The fraction of sp³-hybridized carbons (Fsp3) is 0.350. The molecule has 0 unspecified atom stereocenters. The minimum Gasteiger partial charge on any atom is -0.355 e. The van der Waals surface area contributed by atoms with Crippen LogP contribution in [0.1, 0.15) is 33.3 Å². The molecule has 0 atom stereocenters. The molecule has 1 N–H and O–H groups in total. The van der Waals surface area contributed by atoms with Gasteiger partial charge in [0.15, 0.2) is 0 Å². The Morgan fingerprint density at radius 2 is 1.76 bits per heavy atom. The van der Waals surface area contributed by atoms with Crippen LogP contribution < -0.4 is 5.32 Å². The lowest BCUT2D eigenvalue weighted by Gasteiger charge is -2.25. The second-order valence-corrected chi connectivity index (χ2v) is 7.11. The summed E-state index contributed by atoms with van der Waals surface area (Å²) in [5.41, 5.74) is 1.99. The van der Waals surface area contributed by atoms with Gasteiger partial charge in [-0.05, 0) is 36.5 Å². The van der Waals surface area contributed by atoms with E-state index in [-0.39, 0.29) is 11.6 Å². The minimum absolute atomic E-state index is 0.00991. The van der Waals surface area contributed by atoms with Gasteiger partial charge >= 0.3 is 0 Å². The molecule has 2 aromatic rings. The number of hydrogen-bond donors (Lipinski definition) is 1. The summed E-state index contributed by atoms with van der Waals surface area (Å²) in [7, 11) is 0. The standard InChI is InChI=1S/C20H24N2O3/c1-14(2)13-21-19(23)20(3,4)17-10-8-15(9-11-17)16-6-5-7-18(12-16)22(24)25/h5-12,14H,13H2,1-4H3,(H,21,23). The van der Waals surface area contributed by atoms with Crippen LogP contribution in [0.2, 0.25) is 0 Å². The number of hydrogen-bond acceptors (Lipinski definition) is 3. The van der Waals surface area contributed by atoms with Crippen LogP contribution in [0.4, 0.5) is 5.69 Å². The maximum Gasteiger partial charge on any atom is 0.270 e. The number of nitro groups is 1. The molecule has 25 heavy (non-hydrogen) atoms. The summed E-state index contributed by atoms with van der Waals surface area (Å²) in [6.07, 6.45) is 0. The molecule has 1 amide bonds. The van der Waals surface area contributed by atoms with Crippen LogP contribution in [-0.2, 0) is 10.2 Å². The van der Waals surface area contributed by atoms with Crippen molar-refractivity contribution in [1.29, 1.82) is 0 Å². The van der Waals surface area contributed by atoms with Crippen LogP contribution in [-0.4, -0.2) is 17.4 Å². The molecule has 132 valence electrons. The third-order valence-corrected chi connectivity index (χ3v) is 4.24. The van der Waals surface area contributed by atoms with E-state index in [1.165, 1.54) is 6.07 Å². The predicted octanol–water partition coefficient (Wildman–Crippen LogP) is 4.31. The number of rotatable bonds is 6. The van der Waals surface area contributed by atoms with E-state index in [4.69, 9.17) is 0 Å². The van der Waals surface area contributed by atoms with E-state index in [0.29, 0.717) is 12.5 Å². The van der Waals surface area contributed by atoms with Crippen LogP contribution in [0, 0.1) is 16.0 Å². The number of nitrogens with one attached hydrogen (secondary N) is 1. The SMILES string of the molecule is CC(C)CNC(=O)C(C)(C)c1ccc(-c2cccc([N+](=O)[O-])c2)cc1. The molecule has 0 spiro atoms. The van der Waals surface area contributed by atoms with Crippen molar-refractivity contribution in [2.24, 2.45) is 5.92 Å². The van der Waals surface area contributed by atoms with Crippen LogP contribution in [0.3, 0.4) is 0 Å². The Hall–Kier alpha value is -2.69. The van der Waals surface area contributed by atoms with Gasteiger partial charge in [0.05, 0.1) is 10.3 Å².